The van der Waals surface area contributed by atoms with E-state index in [9.17, 15) is 13.2 Å². The fourth-order valence-corrected chi connectivity index (χ4v) is 4.05. The Balaban J connectivity index is 1.70. The van der Waals surface area contributed by atoms with E-state index in [0.29, 0.717) is 6.54 Å². The standard InChI is InChI=1S/C19H17N3O3S/c1-21(16-9-8-14-5-2-3-6-15(14)13-16)19(23)17-7-4-10-22-11-12-26(24,25)20-18(17)22/h2-10,13H,11-12H2,1H3. The van der Waals surface area contributed by atoms with Gasteiger partial charge in [0.25, 0.3) is 15.9 Å². The highest BCUT2D eigenvalue weighted by Crippen LogP contribution is 2.25. The minimum absolute atomic E-state index is 0.0528. The number of amides is 1. The molecule has 4 rings (SSSR count). The Bertz CT molecular complexity index is 1100. The maximum absolute atomic E-state index is 13.0. The zero-order chi connectivity index (χ0) is 18.3. The van der Waals surface area contributed by atoms with E-state index < -0.39 is 10.0 Å². The molecule has 0 N–H and O–H groups in total. The van der Waals surface area contributed by atoms with Crippen LogP contribution in [0.25, 0.3) is 10.8 Å². The van der Waals surface area contributed by atoms with Gasteiger partial charge in [0.2, 0.25) is 0 Å². The zero-order valence-corrected chi connectivity index (χ0v) is 15.0. The Kier molecular flexibility index (Phi) is 3.88. The second kappa shape index (κ2) is 6.10. The number of likely N-dealkylation sites (N-methyl/N-ethyl adjacent to an activating group) is 1. The summed E-state index contributed by atoms with van der Waals surface area (Å²) < 4.78 is 27.6. The molecule has 2 aliphatic heterocycles. The van der Waals surface area contributed by atoms with Gasteiger partial charge in [0.05, 0.1) is 11.3 Å². The van der Waals surface area contributed by atoms with E-state index in [1.54, 1.807) is 30.3 Å². The number of hydrogen-bond acceptors (Lipinski definition) is 4. The molecule has 0 fully saturated rings. The number of rotatable bonds is 2. The van der Waals surface area contributed by atoms with Crippen LogP contribution < -0.4 is 4.90 Å². The Hall–Kier alpha value is -2.93. The number of amidine groups is 1. The maximum atomic E-state index is 13.0. The van der Waals surface area contributed by atoms with Crippen LogP contribution in [-0.4, -0.2) is 44.4 Å². The number of anilines is 1. The van der Waals surface area contributed by atoms with Crippen LogP contribution in [0.4, 0.5) is 5.69 Å². The highest BCUT2D eigenvalue weighted by molar-refractivity contribution is 7.90. The number of fused-ring (bicyclic) bond motifs is 2. The van der Waals surface area contributed by atoms with Gasteiger partial charge < -0.3 is 9.80 Å². The molecule has 7 heteroatoms. The summed E-state index contributed by atoms with van der Waals surface area (Å²) in [5, 5.41) is 2.12. The third-order valence-corrected chi connectivity index (χ3v) is 5.66. The second-order valence-corrected chi connectivity index (χ2v) is 7.97. The van der Waals surface area contributed by atoms with Crippen LogP contribution in [0, 0.1) is 0 Å². The molecule has 26 heavy (non-hydrogen) atoms. The van der Waals surface area contributed by atoms with Crippen LogP contribution in [-0.2, 0) is 14.8 Å². The summed E-state index contributed by atoms with van der Waals surface area (Å²) in [7, 11) is -1.86. The van der Waals surface area contributed by atoms with Gasteiger partial charge in [-0.3, -0.25) is 4.79 Å². The number of allylic oxidation sites excluding steroid dienone is 2. The Morgan fingerprint density at radius 2 is 1.92 bits per heavy atom. The highest BCUT2D eigenvalue weighted by Gasteiger charge is 2.31. The van der Waals surface area contributed by atoms with Gasteiger partial charge in [-0.05, 0) is 35.1 Å². The summed E-state index contributed by atoms with van der Waals surface area (Å²) in [4.78, 5) is 16.2. The first-order valence-corrected chi connectivity index (χ1v) is 9.80. The molecule has 0 saturated carbocycles. The lowest BCUT2D eigenvalue weighted by Gasteiger charge is -2.30. The molecule has 0 saturated heterocycles. The van der Waals surface area contributed by atoms with Crippen molar-refractivity contribution in [3.05, 3.63) is 66.4 Å². The molecule has 0 aromatic heterocycles. The Labute approximate surface area is 151 Å². The van der Waals surface area contributed by atoms with Crippen molar-refractivity contribution in [2.24, 2.45) is 4.40 Å². The molecule has 2 heterocycles. The molecule has 0 radical (unpaired) electrons. The molecule has 2 aromatic carbocycles. The molecule has 6 nitrogen and oxygen atoms in total. The number of carbonyl (C=O) groups excluding carboxylic acids is 1. The summed E-state index contributed by atoms with van der Waals surface area (Å²) in [6, 6.07) is 13.7. The van der Waals surface area contributed by atoms with Gasteiger partial charge in [-0.15, -0.1) is 4.40 Å². The van der Waals surface area contributed by atoms with E-state index in [0.717, 1.165) is 16.5 Å². The van der Waals surface area contributed by atoms with Gasteiger partial charge in [0.15, 0.2) is 5.84 Å². The SMILES string of the molecule is CN(C(=O)C1=CC=CN2CCS(=O)(=O)N=C12)c1ccc2ccccc2c1. The monoisotopic (exact) mass is 367 g/mol. The smallest absolute Gasteiger partial charge is 0.261 e. The quantitative estimate of drug-likeness (QED) is 0.817. The van der Waals surface area contributed by atoms with Crippen LogP contribution in [0.5, 0.6) is 0 Å². The average molecular weight is 367 g/mol. The van der Waals surface area contributed by atoms with Crippen molar-refractivity contribution < 1.29 is 13.2 Å². The lowest BCUT2D eigenvalue weighted by molar-refractivity contribution is -0.114. The number of benzene rings is 2. The largest absolute Gasteiger partial charge is 0.331 e. The molecule has 0 atom stereocenters. The van der Waals surface area contributed by atoms with Gasteiger partial charge >= 0.3 is 0 Å². The topological polar surface area (TPSA) is 70.1 Å². The molecule has 0 spiro atoms. The van der Waals surface area contributed by atoms with E-state index in [1.807, 2.05) is 42.5 Å². The van der Waals surface area contributed by atoms with Gasteiger partial charge in [-0.1, -0.05) is 30.3 Å². The predicted molar refractivity (Wildman–Crippen MR) is 103 cm³/mol. The molecule has 0 unspecified atom stereocenters. The van der Waals surface area contributed by atoms with Gasteiger partial charge in [-0.2, -0.15) is 0 Å². The Morgan fingerprint density at radius 1 is 1.15 bits per heavy atom. The van der Waals surface area contributed by atoms with Crippen molar-refractivity contribution >= 4 is 38.2 Å². The van der Waals surface area contributed by atoms with Crippen LogP contribution >= 0.6 is 0 Å². The fourth-order valence-electron chi connectivity index (χ4n) is 3.07. The Morgan fingerprint density at radius 3 is 2.73 bits per heavy atom. The highest BCUT2D eigenvalue weighted by atomic mass is 32.2. The van der Waals surface area contributed by atoms with Gasteiger partial charge in [0, 0.05) is 25.5 Å². The lowest BCUT2D eigenvalue weighted by Crippen LogP contribution is -2.42. The number of sulfonamides is 1. The number of nitrogens with zero attached hydrogens (tertiary/aromatic N) is 3. The molecule has 0 bridgehead atoms. The summed E-state index contributed by atoms with van der Waals surface area (Å²) in [6.45, 7) is 0.294. The van der Waals surface area contributed by atoms with E-state index >= 15 is 0 Å². The van der Waals surface area contributed by atoms with E-state index in [4.69, 9.17) is 0 Å². The molecular formula is C19H17N3O3S. The lowest BCUT2D eigenvalue weighted by atomic mass is 10.1. The summed E-state index contributed by atoms with van der Waals surface area (Å²) in [5.41, 5.74) is 1.00. The third kappa shape index (κ3) is 2.90. The van der Waals surface area contributed by atoms with Crippen LogP contribution in [0.3, 0.4) is 0 Å². The zero-order valence-electron chi connectivity index (χ0n) is 14.2. The van der Waals surface area contributed by atoms with Crippen molar-refractivity contribution in [3.63, 3.8) is 0 Å². The molecule has 2 aliphatic rings. The van der Waals surface area contributed by atoms with Gasteiger partial charge in [-0.25, -0.2) is 8.42 Å². The minimum Gasteiger partial charge on any atom is -0.331 e. The van der Waals surface area contributed by atoms with E-state index in [2.05, 4.69) is 4.40 Å². The van der Waals surface area contributed by atoms with Crippen molar-refractivity contribution in [2.75, 3.05) is 24.2 Å². The normalized spacial score (nSPS) is 18.1. The van der Waals surface area contributed by atoms with E-state index in [1.165, 1.54) is 4.90 Å². The summed E-state index contributed by atoms with van der Waals surface area (Å²) in [5.74, 6) is -0.162. The summed E-state index contributed by atoms with van der Waals surface area (Å²) >= 11 is 0. The average Bonchev–Trinajstić information content (AvgIpc) is 2.65. The second-order valence-electron chi connectivity index (χ2n) is 6.21. The third-order valence-electron chi connectivity index (χ3n) is 4.51. The van der Waals surface area contributed by atoms with Crippen molar-refractivity contribution in [3.8, 4) is 0 Å². The van der Waals surface area contributed by atoms with E-state index in [-0.39, 0.29) is 23.1 Å². The first-order chi connectivity index (χ1) is 12.4. The van der Waals surface area contributed by atoms with Crippen LogP contribution in [0.2, 0.25) is 0 Å². The molecule has 0 aliphatic carbocycles. The minimum atomic E-state index is -3.54. The molecular weight excluding hydrogens is 350 g/mol. The van der Waals surface area contributed by atoms with Crippen molar-refractivity contribution in [2.45, 2.75) is 0 Å². The number of hydrogen-bond donors (Lipinski definition) is 0. The first kappa shape index (κ1) is 16.5. The fraction of sp³-hybridized carbons (Fsp3) is 0.158. The van der Waals surface area contributed by atoms with Gasteiger partial charge in [0.1, 0.15) is 0 Å². The number of carbonyl (C=O) groups is 1. The maximum Gasteiger partial charge on any atom is 0.261 e. The summed E-state index contributed by atoms with van der Waals surface area (Å²) in [6.07, 6.45) is 5.08. The van der Waals surface area contributed by atoms with Crippen molar-refractivity contribution in [1.82, 2.24) is 4.90 Å². The van der Waals surface area contributed by atoms with Crippen LogP contribution in [0.1, 0.15) is 0 Å². The molecule has 1 amide bonds. The first-order valence-electron chi connectivity index (χ1n) is 8.20. The predicted octanol–water partition coefficient (Wildman–Crippen LogP) is 2.30. The van der Waals surface area contributed by atoms with Crippen LogP contribution in [0.15, 0.2) is 70.8 Å². The molecule has 2 aromatic rings. The van der Waals surface area contributed by atoms with Crippen molar-refractivity contribution in [1.29, 1.82) is 0 Å². The molecule has 132 valence electrons.